The van der Waals surface area contributed by atoms with Crippen LogP contribution in [0.25, 0.3) is 10.9 Å². The van der Waals surface area contributed by atoms with Gasteiger partial charge in [-0.25, -0.2) is 13.4 Å². The maximum atomic E-state index is 13.8. The van der Waals surface area contributed by atoms with Gasteiger partial charge in [-0.15, -0.1) is 0 Å². The van der Waals surface area contributed by atoms with Crippen molar-refractivity contribution in [2.75, 3.05) is 32.8 Å². The summed E-state index contributed by atoms with van der Waals surface area (Å²) >= 11 is 13.2. The Kier molecular flexibility index (Phi) is 8.68. The largest absolute Gasteiger partial charge is 0.487 e. The van der Waals surface area contributed by atoms with E-state index in [9.17, 15) is 13.2 Å². The standard InChI is InChI=1S/C28H32Cl2N4O5S/c1-17-14-18(2)33-26-19(17)4-3-5-23(26)39-16-20-21(29)6-7-24(25(20)30)40(36,37)34-28(8-12-38-13-9-28)27(35)22-15-31-10-11-32-22/h3-7,14,22,31-32,34H,8-13,15-16H2,1-2H3. The van der Waals surface area contributed by atoms with Gasteiger partial charge >= 0.3 is 0 Å². The number of hydrogen-bond donors (Lipinski definition) is 3. The molecule has 1 aromatic heterocycles. The number of sulfonamides is 1. The fraction of sp³-hybridized carbons (Fsp3) is 0.429. The lowest BCUT2D eigenvalue weighted by Gasteiger charge is -2.39. The van der Waals surface area contributed by atoms with E-state index in [2.05, 4.69) is 20.3 Å². The summed E-state index contributed by atoms with van der Waals surface area (Å²) in [5.74, 6) is 0.317. The van der Waals surface area contributed by atoms with Gasteiger partial charge in [-0.05, 0) is 56.5 Å². The van der Waals surface area contributed by atoms with Crippen molar-refractivity contribution in [2.45, 2.75) is 49.8 Å². The Labute approximate surface area is 244 Å². The molecule has 2 aliphatic heterocycles. The van der Waals surface area contributed by atoms with Crippen LogP contribution in [0.5, 0.6) is 5.75 Å². The molecule has 40 heavy (non-hydrogen) atoms. The number of ketones is 1. The number of piperazine rings is 1. The highest BCUT2D eigenvalue weighted by atomic mass is 35.5. The van der Waals surface area contributed by atoms with Crippen molar-refractivity contribution in [2.24, 2.45) is 0 Å². The van der Waals surface area contributed by atoms with E-state index in [1.54, 1.807) is 6.07 Å². The van der Waals surface area contributed by atoms with Crippen molar-refractivity contribution >= 4 is 49.9 Å². The van der Waals surface area contributed by atoms with Gasteiger partial charge in [0, 0.05) is 54.5 Å². The highest BCUT2D eigenvalue weighted by Gasteiger charge is 2.46. The summed E-state index contributed by atoms with van der Waals surface area (Å²) in [5.41, 5.74) is 1.62. The van der Waals surface area contributed by atoms with Gasteiger partial charge in [-0.2, -0.15) is 4.72 Å². The molecule has 0 spiro atoms. The van der Waals surface area contributed by atoms with E-state index in [-0.39, 0.29) is 53.4 Å². The van der Waals surface area contributed by atoms with Crippen LogP contribution in [0.4, 0.5) is 0 Å². The van der Waals surface area contributed by atoms with E-state index in [1.165, 1.54) is 12.1 Å². The van der Waals surface area contributed by atoms with E-state index >= 15 is 0 Å². The molecule has 214 valence electrons. The van der Waals surface area contributed by atoms with Crippen LogP contribution < -0.4 is 20.1 Å². The normalized spacial score (nSPS) is 19.4. The van der Waals surface area contributed by atoms with Crippen LogP contribution in [0.15, 0.2) is 41.3 Å². The van der Waals surface area contributed by atoms with E-state index in [0.717, 1.165) is 23.2 Å². The molecule has 2 saturated heterocycles. The lowest BCUT2D eigenvalue weighted by Crippen LogP contribution is -2.65. The van der Waals surface area contributed by atoms with Crippen LogP contribution in [0.3, 0.4) is 0 Å². The van der Waals surface area contributed by atoms with E-state index < -0.39 is 21.6 Å². The lowest BCUT2D eigenvalue weighted by molar-refractivity contribution is -0.130. The fourth-order valence-corrected chi connectivity index (χ4v) is 7.66. The van der Waals surface area contributed by atoms with Crippen LogP contribution in [0, 0.1) is 13.8 Å². The van der Waals surface area contributed by atoms with Gasteiger partial charge in [0.2, 0.25) is 10.0 Å². The summed E-state index contributed by atoms with van der Waals surface area (Å²) in [6.45, 7) is 6.15. The number of pyridine rings is 1. The fourth-order valence-electron chi connectivity index (χ4n) is 5.34. The Morgan fingerprint density at radius 3 is 2.67 bits per heavy atom. The third-order valence-electron chi connectivity index (χ3n) is 7.45. The second kappa shape index (κ2) is 11.9. The highest BCUT2D eigenvalue weighted by Crippen LogP contribution is 2.35. The second-order valence-electron chi connectivity index (χ2n) is 10.2. The van der Waals surface area contributed by atoms with Crippen molar-refractivity contribution in [3.05, 3.63) is 63.3 Å². The molecule has 9 nitrogen and oxygen atoms in total. The zero-order valence-electron chi connectivity index (χ0n) is 22.4. The number of hydrogen-bond acceptors (Lipinski definition) is 8. The van der Waals surface area contributed by atoms with Crippen molar-refractivity contribution in [3.63, 3.8) is 0 Å². The van der Waals surface area contributed by atoms with Crippen LogP contribution in [-0.4, -0.2) is 63.6 Å². The minimum absolute atomic E-state index is 0.0623. The number of nitrogens with one attached hydrogen (secondary N) is 3. The summed E-state index contributed by atoms with van der Waals surface area (Å²) in [6.07, 6.45) is 0.439. The molecule has 0 aliphatic carbocycles. The first-order chi connectivity index (χ1) is 19.1. The molecule has 1 atom stereocenters. The lowest BCUT2D eigenvalue weighted by atomic mass is 9.83. The third-order valence-corrected chi connectivity index (χ3v) is 9.93. The number of ether oxygens (including phenoxy) is 2. The number of aryl methyl sites for hydroxylation is 2. The van der Waals surface area contributed by atoms with Crippen molar-refractivity contribution < 1.29 is 22.7 Å². The highest BCUT2D eigenvalue weighted by molar-refractivity contribution is 7.89. The van der Waals surface area contributed by atoms with Gasteiger partial charge in [0.15, 0.2) is 5.78 Å². The number of rotatable bonds is 8. The maximum absolute atomic E-state index is 13.8. The van der Waals surface area contributed by atoms with Crippen LogP contribution in [-0.2, 0) is 26.2 Å². The quantitative estimate of drug-likeness (QED) is 0.355. The first-order valence-corrected chi connectivity index (χ1v) is 15.4. The second-order valence-corrected chi connectivity index (χ2v) is 12.7. The average molecular weight is 608 g/mol. The average Bonchev–Trinajstić information content (AvgIpc) is 2.93. The van der Waals surface area contributed by atoms with Gasteiger partial charge < -0.3 is 20.1 Å². The van der Waals surface area contributed by atoms with E-state index in [1.807, 2.05) is 32.0 Å². The molecule has 3 N–H and O–H groups in total. The number of aromatic nitrogens is 1. The summed E-state index contributed by atoms with van der Waals surface area (Å²) in [6, 6.07) is 9.94. The molecule has 0 bridgehead atoms. The predicted octanol–water partition coefficient (Wildman–Crippen LogP) is 3.70. The minimum Gasteiger partial charge on any atom is -0.487 e. The Morgan fingerprint density at radius 1 is 1.18 bits per heavy atom. The summed E-state index contributed by atoms with van der Waals surface area (Å²) in [7, 11) is -4.23. The first-order valence-electron chi connectivity index (χ1n) is 13.2. The first kappa shape index (κ1) is 29.2. The SMILES string of the molecule is Cc1cc(C)c2cccc(OCc3c(Cl)ccc(S(=O)(=O)NC4(C(=O)C5CNCCN5)CCOCC4)c3Cl)c2n1. The van der Waals surface area contributed by atoms with Gasteiger partial charge in [-0.3, -0.25) is 4.79 Å². The smallest absolute Gasteiger partial charge is 0.242 e. The van der Waals surface area contributed by atoms with Gasteiger partial charge in [0.05, 0.1) is 16.6 Å². The molecule has 2 aromatic carbocycles. The molecule has 0 saturated carbocycles. The summed E-state index contributed by atoms with van der Waals surface area (Å²) in [4.78, 5) is 18.1. The number of Topliss-reactive ketones (excluding diaryl/α,β-unsaturated/α-hetero) is 1. The number of nitrogens with zero attached hydrogens (tertiary/aromatic N) is 1. The number of carbonyl (C=O) groups excluding carboxylic acids is 1. The van der Waals surface area contributed by atoms with Gasteiger partial charge in [0.25, 0.3) is 0 Å². The number of carbonyl (C=O) groups is 1. The molecule has 3 aromatic rings. The molecular weight excluding hydrogens is 575 g/mol. The number of benzene rings is 2. The number of para-hydroxylation sites is 1. The third kappa shape index (κ3) is 5.85. The van der Waals surface area contributed by atoms with Crippen LogP contribution >= 0.6 is 23.2 Å². The number of fused-ring (bicyclic) bond motifs is 1. The molecule has 2 fully saturated rings. The number of halogens is 2. The maximum Gasteiger partial charge on any atom is 0.242 e. The molecule has 5 rings (SSSR count). The molecule has 2 aliphatic rings. The molecule has 1 unspecified atom stereocenters. The molecular formula is C28H32Cl2N4O5S. The van der Waals surface area contributed by atoms with Gasteiger partial charge in [0.1, 0.15) is 22.8 Å². The van der Waals surface area contributed by atoms with Crippen LogP contribution in [0.2, 0.25) is 10.0 Å². The van der Waals surface area contributed by atoms with Crippen molar-refractivity contribution in [1.82, 2.24) is 20.3 Å². The van der Waals surface area contributed by atoms with Crippen molar-refractivity contribution in [3.8, 4) is 5.75 Å². The van der Waals surface area contributed by atoms with E-state index in [0.29, 0.717) is 29.9 Å². The zero-order valence-corrected chi connectivity index (χ0v) is 24.7. The summed E-state index contributed by atoms with van der Waals surface area (Å²) in [5, 5.41) is 7.54. The van der Waals surface area contributed by atoms with Crippen LogP contribution in [0.1, 0.15) is 29.7 Å². The Hall–Kier alpha value is -2.31. The van der Waals surface area contributed by atoms with Crippen molar-refractivity contribution in [1.29, 1.82) is 0 Å². The molecule has 0 radical (unpaired) electrons. The van der Waals surface area contributed by atoms with Gasteiger partial charge in [-0.1, -0.05) is 35.3 Å². The van der Waals surface area contributed by atoms with E-state index in [4.69, 9.17) is 32.7 Å². The summed E-state index contributed by atoms with van der Waals surface area (Å²) < 4.78 is 41.9. The predicted molar refractivity (Wildman–Crippen MR) is 155 cm³/mol. The Morgan fingerprint density at radius 2 is 1.95 bits per heavy atom. The Balaban J connectivity index is 1.44. The minimum atomic E-state index is -4.23. The monoisotopic (exact) mass is 606 g/mol. The molecule has 3 heterocycles. The molecule has 12 heteroatoms. The topological polar surface area (TPSA) is 119 Å². The zero-order chi connectivity index (χ0) is 28.5. The Bertz CT molecular complexity index is 1540. The molecule has 0 amide bonds.